The Morgan fingerprint density at radius 1 is 1.30 bits per heavy atom. The SMILES string of the molecule is O=C(C=C1CCCCC1)NC[C@H]1CCCN(Cc2cccs2)C1. The molecule has 2 fully saturated rings. The highest BCUT2D eigenvalue weighted by Gasteiger charge is 2.20. The predicted octanol–water partition coefficient (Wildman–Crippen LogP) is 3.97. The fourth-order valence-electron chi connectivity index (χ4n) is 3.72. The average Bonchev–Trinajstić information content (AvgIpc) is 3.07. The summed E-state index contributed by atoms with van der Waals surface area (Å²) in [7, 11) is 0. The van der Waals surface area contributed by atoms with E-state index in [-0.39, 0.29) is 5.91 Å². The molecule has 0 spiro atoms. The molecule has 126 valence electrons. The highest BCUT2D eigenvalue weighted by Crippen LogP contribution is 2.23. The van der Waals surface area contributed by atoms with E-state index in [1.54, 1.807) is 0 Å². The molecule has 1 saturated carbocycles. The minimum Gasteiger partial charge on any atom is -0.352 e. The van der Waals surface area contributed by atoms with Gasteiger partial charge in [-0.15, -0.1) is 11.3 Å². The van der Waals surface area contributed by atoms with Crippen LogP contribution in [0.4, 0.5) is 0 Å². The smallest absolute Gasteiger partial charge is 0.243 e. The first kappa shape index (κ1) is 16.7. The molecule has 0 bridgehead atoms. The van der Waals surface area contributed by atoms with Gasteiger partial charge in [0.2, 0.25) is 5.91 Å². The van der Waals surface area contributed by atoms with Crippen LogP contribution in [0.3, 0.4) is 0 Å². The highest BCUT2D eigenvalue weighted by molar-refractivity contribution is 7.09. The van der Waals surface area contributed by atoms with Crippen LogP contribution >= 0.6 is 11.3 Å². The van der Waals surface area contributed by atoms with E-state index in [0.717, 1.165) is 32.5 Å². The van der Waals surface area contributed by atoms with Crippen molar-refractivity contribution in [3.8, 4) is 0 Å². The van der Waals surface area contributed by atoms with Crippen molar-refractivity contribution in [1.82, 2.24) is 10.2 Å². The minimum absolute atomic E-state index is 0.122. The summed E-state index contributed by atoms with van der Waals surface area (Å²) >= 11 is 1.84. The van der Waals surface area contributed by atoms with E-state index < -0.39 is 0 Å². The van der Waals surface area contributed by atoms with Crippen molar-refractivity contribution in [1.29, 1.82) is 0 Å². The van der Waals surface area contributed by atoms with Gasteiger partial charge in [-0.2, -0.15) is 0 Å². The minimum atomic E-state index is 0.122. The van der Waals surface area contributed by atoms with E-state index in [2.05, 4.69) is 27.7 Å². The Morgan fingerprint density at radius 2 is 2.17 bits per heavy atom. The number of nitrogens with zero attached hydrogens (tertiary/aromatic N) is 1. The summed E-state index contributed by atoms with van der Waals surface area (Å²) in [6.07, 6.45) is 10.4. The van der Waals surface area contributed by atoms with Crippen molar-refractivity contribution in [2.75, 3.05) is 19.6 Å². The van der Waals surface area contributed by atoms with Gasteiger partial charge in [-0.05, 0) is 62.4 Å². The zero-order chi connectivity index (χ0) is 15.9. The summed E-state index contributed by atoms with van der Waals surface area (Å²) in [6, 6.07) is 4.34. The van der Waals surface area contributed by atoms with Gasteiger partial charge in [0.1, 0.15) is 0 Å². The van der Waals surface area contributed by atoms with Crippen LogP contribution in [-0.2, 0) is 11.3 Å². The normalized spacial score (nSPS) is 22.8. The quantitative estimate of drug-likeness (QED) is 0.828. The van der Waals surface area contributed by atoms with Crippen LogP contribution in [0.2, 0.25) is 0 Å². The lowest BCUT2D eigenvalue weighted by Crippen LogP contribution is -2.40. The van der Waals surface area contributed by atoms with Crippen LogP contribution in [0.25, 0.3) is 0 Å². The lowest BCUT2D eigenvalue weighted by Gasteiger charge is -2.32. The zero-order valence-corrected chi connectivity index (χ0v) is 14.7. The van der Waals surface area contributed by atoms with Crippen molar-refractivity contribution in [2.45, 2.75) is 51.5 Å². The molecule has 1 saturated heterocycles. The fraction of sp³-hybridized carbons (Fsp3) is 0.632. The molecule has 4 heteroatoms. The van der Waals surface area contributed by atoms with Crippen LogP contribution in [0.1, 0.15) is 49.8 Å². The van der Waals surface area contributed by atoms with Gasteiger partial charge in [-0.1, -0.05) is 18.1 Å². The Hall–Kier alpha value is -1.13. The number of carbonyl (C=O) groups excluding carboxylic acids is 1. The van der Waals surface area contributed by atoms with Crippen molar-refractivity contribution >= 4 is 17.2 Å². The predicted molar refractivity (Wildman–Crippen MR) is 96.5 cm³/mol. The first-order valence-electron chi connectivity index (χ1n) is 9.01. The third kappa shape index (κ3) is 5.47. The molecule has 3 nitrogen and oxygen atoms in total. The Balaban J connectivity index is 1.41. The van der Waals surface area contributed by atoms with Gasteiger partial charge in [0.05, 0.1) is 0 Å². The third-order valence-electron chi connectivity index (χ3n) is 4.96. The second kappa shape index (κ2) is 8.65. The number of piperidine rings is 1. The molecule has 1 aromatic rings. The average molecular weight is 333 g/mol. The van der Waals surface area contributed by atoms with Crippen LogP contribution in [-0.4, -0.2) is 30.4 Å². The molecule has 0 aromatic carbocycles. The molecule has 1 aromatic heterocycles. The summed E-state index contributed by atoms with van der Waals surface area (Å²) in [5.74, 6) is 0.717. The molecule has 0 unspecified atom stereocenters. The van der Waals surface area contributed by atoms with E-state index in [9.17, 15) is 4.79 Å². The lowest BCUT2D eigenvalue weighted by molar-refractivity contribution is -0.116. The fourth-order valence-corrected chi connectivity index (χ4v) is 4.46. The summed E-state index contributed by atoms with van der Waals surface area (Å²) in [5.41, 5.74) is 1.34. The maximum absolute atomic E-state index is 12.1. The van der Waals surface area contributed by atoms with Crippen LogP contribution in [0.5, 0.6) is 0 Å². The topological polar surface area (TPSA) is 32.3 Å². The molecule has 1 N–H and O–H groups in total. The number of likely N-dealkylation sites (tertiary alicyclic amines) is 1. The third-order valence-corrected chi connectivity index (χ3v) is 5.82. The van der Waals surface area contributed by atoms with E-state index in [4.69, 9.17) is 0 Å². The number of carbonyl (C=O) groups is 1. The molecule has 1 aliphatic carbocycles. The van der Waals surface area contributed by atoms with Crippen molar-refractivity contribution < 1.29 is 4.79 Å². The molecule has 23 heavy (non-hydrogen) atoms. The number of allylic oxidation sites excluding steroid dienone is 1. The van der Waals surface area contributed by atoms with Gasteiger partial charge in [-0.25, -0.2) is 0 Å². The molecular formula is C19H28N2OS. The molecule has 3 rings (SSSR count). The number of hydrogen-bond donors (Lipinski definition) is 1. The van der Waals surface area contributed by atoms with E-state index in [0.29, 0.717) is 5.92 Å². The summed E-state index contributed by atoms with van der Waals surface area (Å²) < 4.78 is 0. The van der Waals surface area contributed by atoms with E-state index in [1.165, 1.54) is 49.1 Å². The first-order chi connectivity index (χ1) is 11.3. The van der Waals surface area contributed by atoms with Crippen LogP contribution < -0.4 is 5.32 Å². The van der Waals surface area contributed by atoms with Gasteiger partial charge < -0.3 is 5.32 Å². The summed E-state index contributed by atoms with van der Waals surface area (Å²) in [4.78, 5) is 16.1. The first-order valence-corrected chi connectivity index (χ1v) is 9.89. The second-order valence-corrected chi connectivity index (χ2v) is 7.96. The van der Waals surface area contributed by atoms with Gasteiger partial charge in [0.25, 0.3) is 0 Å². The molecular weight excluding hydrogens is 304 g/mol. The van der Waals surface area contributed by atoms with Gasteiger partial charge in [0.15, 0.2) is 0 Å². The second-order valence-electron chi connectivity index (χ2n) is 6.93. The molecule has 1 amide bonds. The largest absolute Gasteiger partial charge is 0.352 e. The zero-order valence-electron chi connectivity index (χ0n) is 13.9. The molecule has 2 heterocycles. The Labute approximate surface area is 143 Å². The van der Waals surface area contributed by atoms with Crippen molar-refractivity contribution in [3.63, 3.8) is 0 Å². The molecule has 1 aliphatic heterocycles. The van der Waals surface area contributed by atoms with E-state index >= 15 is 0 Å². The maximum atomic E-state index is 12.1. The Bertz CT molecular complexity index is 515. The number of rotatable bonds is 5. The molecule has 2 aliphatic rings. The molecule has 1 atom stereocenters. The number of amides is 1. The summed E-state index contributed by atoms with van der Waals surface area (Å²) in [6.45, 7) is 4.18. The number of hydrogen-bond acceptors (Lipinski definition) is 3. The Morgan fingerprint density at radius 3 is 2.96 bits per heavy atom. The number of nitrogens with one attached hydrogen (secondary N) is 1. The highest BCUT2D eigenvalue weighted by atomic mass is 32.1. The summed E-state index contributed by atoms with van der Waals surface area (Å²) in [5, 5.41) is 5.29. The van der Waals surface area contributed by atoms with Crippen molar-refractivity contribution in [3.05, 3.63) is 34.0 Å². The van der Waals surface area contributed by atoms with Crippen LogP contribution in [0, 0.1) is 5.92 Å². The maximum Gasteiger partial charge on any atom is 0.243 e. The molecule has 0 radical (unpaired) electrons. The van der Waals surface area contributed by atoms with E-state index in [1.807, 2.05) is 17.4 Å². The van der Waals surface area contributed by atoms with Crippen molar-refractivity contribution in [2.24, 2.45) is 5.92 Å². The van der Waals surface area contributed by atoms with Crippen LogP contribution in [0.15, 0.2) is 29.2 Å². The monoisotopic (exact) mass is 332 g/mol. The standard InChI is InChI=1S/C19H28N2OS/c22-19(12-16-6-2-1-3-7-16)20-13-17-8-4-10-21(14-17)15-18-9-5-11-23-18/h5,9,11-12,17H,1-4,6-8,10,13-15H2,(H,20,22)/t17-/m1/s1. The Kier molecular flexibility index (Phi) is 6.29. The van der Waals surface area contributed by atoms with Gasteiger partial charge in [-0.3, -0.25) is 9.69 Å². The lowest BCUT2D eigenvalue weighted by atomic mass is 9.94. The van der Waals surface area contributed by atoms with Gasteiger partial charge >= 0.3 is 0 Å². The van der Waals surface area contributed by atoms with Gasteiger partial charge in [0, 0.05) is 30.6 Å². The number of thiophene rings is 1.